The molecule has 5 heteroatoms. The number of aryl methyl sites for hydroxylation is 1. The fourth-order valence-electron chi connectivity index (χ4n) is 2.43. The molecule has 1 fully saturated rings. The minimum atomic E-state index is -0.331. The zero-order valence-electron chi connectivity index (χ0n) is 11.5. The topological polar surface area (TPSA) is 57.6 Å². The van der Waals surface area contributed by atoms with Crippen LogP contribution in [0.3, 0.4) is 0 Å². The van der Waals surface area contributed by atoms with E-state index in [1.54, 1.807) is 17.0 Å². The first-order valence-electron chi connectivity index (χ1n) is 6.79. The van der Waals surface area contributed by atoms with Gasteiger partial charge < -0.3 is 10.0 Å². The number of phenols is 1. The Balaban J connectivity index is 2.10. The number of halogens is 1. The molecule has 0 bridgehead atoms. The highest BCUT2D eigenvalue weighted by molar-refractivity contribution is 9.10. The zero-order valence-corrected chi connectivity index (χ0v) is 13.1. The Kier molecular flexibility index (Phi) is 4.81. The van der Waals surface area contributed by atoms with Crippen LogP contribution in [0.15, 0.2) is 16.6 Å². The van der Waals surface area contributed by atoms with Crippen LogP contribution in [0.4, 0.5) is 0 Å². The van der Waals surface area contributed by atoms with Crippen LogP contribution in [-0.2, 0) is 4.79 Å². The number of aromatic hydroxyl groups is 1. The second-order valence-corrected chi connectivity index (χ2v) is 6.04. The fraction of sp³-hybridized carbons (Fsp3) is 0.467. The van der Waals surface area contributed by atoms with Gasteiger partial charge in [0.2, 0.25) is 5.91 Å². The quantitative estimate of drug-likeness (QED) is 0.680. The number of hydrogen-bond donors (Lipinski definition) is 1. The molecule has 108 valence electrons. The van der Waals surface area contributed by atoms with Crippen molar-refractivity contribution in [2.24, 2.45) is 0 Å². The van der Waals surface area contributed by atoms with Gasteiger partial charge in [-0.3, -0.25) is 9.59 Å². The summed E-state index contributed by atoms with van der Waals surface area (Å²) in [6.07, 6.45) is 2.97. The maximum Gasteiger partial charge on any atom is 0.230 e. The van der Waals surface area contributed by atoms with Gasteiger partial charge in [-0.2, -0.15) is 0 Å². The van der Waals surface area contributed by atoms with Gasteiger partial charge in [-0.1, -0.05) is 0 Å². The number of Topliss-reactive ketones (excluding diaryl/α,β-unsaturated/α-hetero) is 1. The molecule has 1 aromatic carbocycles. The standard InChI is InChI=1S/C15H18BrNO3/c1-10-7-11(15(20)12(16)8-10)13(18)9-14(19)17-5-3-2-4-6-17/h7-8,20H,2-6,9H2,1H3. The van der Waals surface area contributed by atoms with Crippen molar-refractivity contribution < 1.29 is 14.7 Å². The summed E-state index contributed by atoms with van der Waals surface area (Å²) >= 11 is 3.21. The van der Waals surface area contributed by atoms with Crippen LogP contribution in [0.1, 0.15) is 41.6 Å². The van der Waals surface area contributed by atoms with Gasteiger partial charge in [0.25, 0.3) is 0 Å². The Morgan fingerprint density at radius 2 is 1.90 bits per heavy atom. The summed E-state index contributed by atoms with van der Waals surface area (Å²) in [5.74, 6) is -0.568. The van der Waals surface area contributed by atoms with E-state index in [0.29, 0.717) is 4.47 Å². The van der Waals surface area contributed by atoms with Crippen LogP contribution in [0.25, 0.3) is 0 Å². The summed E-state index contributed by atoms with van der Waals surface area (Å²) in [6, 6.07) is 3.35. The Bertz CT molecular complexity index is 536. The van der Waals surface area contributed by atoms with Crippen LogP contribution >= 0.6 is 15.9 Å². The van der Waals surface area contributed by atoms with E-state index in [1.165, 1.54) is 0 Å². The second-order valence-electron chi connectivity index (χ2n) is 5.18. The normalized spacial score (nSPS) is 15.2. The van der Waals surface area contributed by atoms with Crippen molar-refractivity contribution in [3.05, 3.63) is 27.7 Å². The van der Waals surface area contributed by atoms with E-state index in [2.05, 4.69) is 15.9 Å². The number of piperidine rings is 1. The van der Waals surface area contributed by atoms with E-state index in [9.17, 15) is 14.7 Å². The number of likely N-dealkylation sites (tertiary alicyclic amines) is 1. The number of benzene rings is 1. The molecule has 0 radical (unpaired) electrons. The number of hydrogen-bond acceptors (Lipinski definition) is 3. The first-order valence-corrected chi connectivity index (χ1v) is 7.58. The van der Waals surface area contributed by atoms with Gasteiger partial charge in [0.05, 0.1) is 16.5 Å². The van der Waals surface area contributed by atoms with Gasteiger partial charge >= 0.3 is 0 Å². The van der Waals surface area contributed by atoms with Gasteiger partial charge in [0.1, 0.15) is 5.75 Å². The van der Waals surface area contributed by atoms with Gasteiger partial charge in [-0.05, 0) is 59.8 Å². The Morgan fingerprint density at radius 3 is 2.55 bits per heavy atom. The van der Waals surface area contributed by atoms with Crippen LogP contribution in [-0.4, -0.2) is 34.8 Å². The number of carbonyl (C=O) groups excluding carboxylic acids is 2. The predicted octanol–water partition coefficient (Wildman–Crippen LogP) is 3.05. The van der Waals surface area contributed by atoms with E-state index in [0.717, 1.165) is 37.9 Å². The van der Waals surface area contributed by atoms with Crippen molar-refractivity contribution in [2.75, 3.05) is 13.1 Å². The molecule has 1 N–H and O–H groups in total. The third kappa shape index (κ3) is 3.39. The third-order valence-corrected chi connectivity index (χ3v) is 4.13. The zero-order chi connectivity index (χ0) is 14.7. The first-order chi connectivity index (χ1) is 9.49. The van der Waals surface area contributed by atoms with E-state index in [4.69, 9.17) is 0 Å². The lowest BCUT2D eigenvalue weighted by Crippen LogP contribution is -2.36. The van der Waals surface area contributed by atoms with E-state index >= 15 is 0 Å². The number of amides is 1. The van der Waals surface area contributed by atoms with Crippen molar-refractivity contribution in [1.82, 2.24) is 4.90 Å². The van der Waals surface area contributed by atoms with Crippen LogP contribution in [0.2, 0.25) is 0 Å². The molecule has 1 aliphatic rings. The average Bonchev–Trinajstić information content (AvgIpc) is 2.43. The summed E-state index contributed by atoms with van der Waals surface area (Å²) in [7, 11) is 0. The minimum absolute atomic E-state index is 0.0907. The number of nitrogens with zero attached hydrogens (tertiary/aromatic N) is 1. The first kappa shape index (κ1) is 15.0. The number of rotatable bonds is 3. The molecule has 1 heterocycles. The van der Waals surface area contributed by atoms with Crippen LogP contribution in [0.5, 0.6) is 5.75 Å². The summed E-state index contributed by atoms with van der Waals surface area (Å²) in [4.78, 5) is 26.0. The van der Waals surface area contributed by atoms with E-state index in [-0.39, 0.29) is 29.4 Å². The molecule has 0 aliphatic carbocycles. The van der Waals surface area contributed by atoms with Crippen molar-refractivity contribution in [3.8, 4) is 5.75 Å². The summed E-state index contributed by atoms with van der Waals surface area (Å²) in [5.41, 5.74) is 1.07. The molecule has 20 heavy (non-hydrogen) atoms. The third-order valence-electron chi connectivity index (χ3n) is 3.53. The van der Waals surface area contributed by atoms with Crippen molar-refractivity contribution >= 4 is 27.6 Å². The minimum Gasteiger partial charge on any atom is -0.506 e. The molecule has 0 unspecified atom stereocenters. The van der Waals surface area contributed by atoms with Gasteiger partial charge in [0.15, 0.2) is 5.78 Å². The molecular weight excluding hydrogens is 322 g/mol. The number of carbonyl (C=O) groups is 2. The van der Waals surface area contributed by atoms with Crippen LogP contribution in [0, 0.1) is 6.92 Å². The fourth-order valence-corrected chi connectivity index (χ4v) is 3.01. The molecule has 1 aliphatic heterocycles. The lowest BCUT2D eigenvalue weighted by Gasteiger charge is -2.26. The molecule has 1 amide bonds. The van der Waals surface area contributed by atoms with Gasteiger partial charge in [0, 0.05) is 13.1 Å². The van der Waals surface area contributed by atoms with Gasteiger partial charge in [-0.15, -0.1) is 0 Å². The molecule has 0 atom stereocenters. The smallest absolute Gasteiger partial charge is 0.230 e. The Hall–Kier alpha value is -1.36. The number of ketones is 1. The van der Waals surface area contributed by atoms with E-state index in [1.807, 2.05) is 6.92 Å². The maximum absolute atomic E-state index is 12.2. The average molecular weight is 340 g/mol. The molecule has 2 rings (SSSR count). The highest BCUT2D eigenvalue weighted by atomic mass is 79.9. The lowest BCUT2D eigenvalue weighted by atomic mass is 10.0. The summed E-state index contributed by atoms with van der Waals surface area (Å²) in [5, 5.41) is 9.92. The molecule has 4 nitrogen and oxygen atoms in total. The van der Waals surface area contributed by atoms with Crippen molar-refractivity contribution in [1.29, 1.82) is 0 Å². The monoisotopic (exact) mass is 339 g/mol. The van der Waals surface area contributed by atoms with Crippen molar-refractivity contribution in [2.45, 2.75) is 32.6 Å². The second kappa shape index (κ2) is 6.39. The highest BCUT2D eigenvalue weighted by Crippen LogP contribution is 2.30. The molecule has 0 saturated carbocycles. The summed E-state index contributed by atoms with van der Waals surface area (Å²) < 4.78 is 0.478. The molecule has 1 saturated heterocycles. The SMILES string of the molecule is Cc1cc(Br)c(O)c(C(=O)CC(=O)N2CCCCC2)c1. The number of phenolic OH excluding ortho intramolecular Hbond substituents is 1. The largest absolute Gasteiger partial charge is 0.506 e. The molecule has 0 spiro atoms. The lowest BCUT2D eigenvalue weighted by molar-refractivity contribution is -0.131. The predicted molar refractivity (Wildman–Crippen MR) is 79.9 cm³/mol. The van der Waals surface area contributed by atoms with Gasteiger partial charge in [-0.25, -0.2) is 0 Å². The molecule has 0 aromatic heterocycles. The highest BCUT2D eigenvalue weighted by Gasteiger charge is 2.22. The molecular formula is C15H18BrNO3. The Labute approximate surface area is 126 Å². The maximum atomic E-state index is 12.2. The summed E-state index contributed by atoms with van der Waals surface area (Å²) in [6.45, 7) is 3.30. The van der Waals surface area contributed by atoms with E-state index < -0.39 is 0 Å². The Morgan fingerprint density at radius 1 is 1.25 bits per heavy atom. The van der Waals surface area contributed by atoms with Crippen molar-refractivity contribution in [3.63, 3.8) is 0 Å². The molecule has 1 aromatic rings. The van der Waals surface area contributed by atoms with Crippen LogP contribution < -0.4 is 0 Å².